The summed E-state index contributed by atoms with van der Waals surface area (Å²) in [5, 5.41) is 0. The topological polar surface area (TPSA) is 42.7 Å². The maximum absolute atomic E-state index is 12.6. The van der Waals surface area contributed by atoms with E-state index in [9.17, 15) is 18.0 Å². The van der Waals surface area contributed by atoms with E-state index in [0.29, 0.717) is 10.6 Å². The van der Waals surface area contributed by atoms with Gasteiger partial charge >= 0.3 is 6.18 Å². The van der Waals surface area contributed by atoms with Crippen LogP contribution in [0.4, 0.5) is 13.2 Å². The molecule has 0 fully saturated rings. The zero-order chi connectivity index (χ0) is 16.9. The highest BCUT2D eigenvalue weighted by molar-refractivity contribution is 9.10. The van der Waals surface area contributed by atoms with E-state index in [0.717, 1.165) is 4.47 Å². The van der Waals surface area contributed by atoms with Crippen molar-refractivity contribution >= 4 is 21.8 Å². The minimum atomic E-state index is -4.50. The molecule has 0 aliphatic rings. The third-order valence-electron chi connectivity index (χ3n) is 2.83. The Bertz CT molecular complexity index is 626. The van der Waals surface area contributed by atoms with Crippen molar-refractivity contribution in [2.24, 2.45) is 0 Å². The number of furan rings is 1. The molecule has 0 saturated heterocycles. The normalized spacial score (nSPS) is 11.3. The second-order valence-corrected chi connectivity index (χ2v) is 5.60. The predicted molar refractivity (Wildman–Crippen MR) is 79.8 cm³/mol. The monoisotopic (exact) mass is 391 g/mol. The molecule has 2 aromatic rings. The van der Waals surface area contributed by atoms with Crippen molar-refractivity contribution in [3.8, 4) is 5.75 Å². The number of hydrogen-bond donors (Lipinski definition) is 0. The molecular weight excluding hydrogens is 379 g/mol. The van der Waals surface area contributed by atoms with E-state index in [1.807, 2.05) is 0 Å². The van der Waals surface area contributed by atoms with Crippen molar-refractivity contribution < 1.29 is 27.1 Å². The highest BCUT2D eigenvalue weighted by Crippen LogP contribution is 2.20. The Balaban J connectivity index is 1.98. The van der Waals surface area contributed by atoms with E-state index in [2.05, 4.69) is 15.9 Å². The van der Waals surface area contributed by atoms with Crippen LogP contribution in [0.15, 0.2) is 51.6 Å². The number of halogens is 4. The largest absolute Gasteiger partial charge is 0.484 e. The molecule has 0 aliphatic heterocycles. The molecular formula is C15H13BrF3NO3. The van der Waals surface area contributed by atoms with Gasteiger partial charge in [-0.1, -0.05) is 15.9 Å². The molecule has 23 heavy (non-hydrogen) atoms. The van der Waals surface area contributed by atoms with Crippen LogP contribution in [-0.4, -0.2) is 30.1 Å². The lowest BCUT2D eigenvalue weighted by atomic mass is 10.3. The van der Waals surface area contributed by atoms with E-state index in [1.165, 1.54) is 12.3 Å². The van der Waals surface area contributed by atoms with Gasteiger partial charge in [-0.2, -0.15) is 13.2 Å². The van der Waals surface area contributed by atoms with Crippen LogP contribution in [0.25, 0.3) is 0 Å². The van der Waals surface area contributed by atoms with Crippen LogP contribution in [0.3, 0.4) is 0 Å². The predicted octanol–water partition coefficient (Wildman–Crippen LogP) is 4.01. The molecule has 0 unspecified atom stereocenters. The summed E-state index contributed by atoms with van der Waals surface area (Å²) >= 11 is 3.25. The molecule has 0 N–H and O–H groups in total. The van der Waals surface area contributed by atoms with Crippen molar-refractivity contribution in [2.75, 3.05) is 13.2 Å². The number of alkyl halides is 3. The van der Waals surface area contributed by atoms with E-state index in [1.54, 1.807) is 30.3 Å². The lowest BCUT2D eigenvalue weighted by molar-refractivity contribution is -0.164. The zero-order valence-electron chi connectivity index (χ0n) is 11.8. The van der Waals surface area contributed by atoms with Gasteiger partial charge in [0.15, 0.2) is 6.61 Å². The molecule has 2 rings (SSSR count). The van der Waals surface area contributed by atoms with Gasteiger partial charge < -0.3 is 14.1 Å². The quantitative estimate of drug-likeness (QED) is 0.746. The minimum Gasteiger partial charge on any atom is -0.484 e. The first-order valence-corrected chi connectivity index (χ1v) is 7.38. The lowest BCUT2D eigenvalue weighted by Crippen LogP contribution is -2.40. The molecule has 0 aliphatic carbocycles. The second kappa shape index (κ2) is 7.54. The molecule has 1 aromatic heterocycles. The number of benzene rings is 1. The molecule has 8 heteroatoms. The molecule has 124 valence electrons. The molecule has 0 saturated carbocycles. The number of amides is 1. The molecule has 1 heterocycles. The Kier molecular flexibility index (Phi) is 5.70. The van der Waals surface area contributed by atoms with E-state index in [4.69, 9.17) is 9.15 Å². The van der Waals surface area contributed by atoms with Gasteiger partial charge in [0.05, 0.1) is 12.8 Å². The SMILES string of the molecule is O=C(COc1ccc(Br)cc1)N(Cc1ccco1)CC(F)(F)F. The van der Waals surface area contributed by atoms with E-state index < -0.39 is 25.2 Å². The van der Waals surface area contributed by atoms with Gasteiger partial charge in [-0.05, 0) is 36.4 Å². The van der Waals surface area contributed by atoms with Crippen molar-refractivity contribution in [1.82, 2.24) is 4.90 Å². The number of carbonyl (C=O) groups excluding carboxylic acids is 1. The van der Waals surface area contributed by atoms with Gasteiger partial charge in [0.1, 0.15) is 18.1 Å². The Labute approximate surface area is 139 Å². The fourth-order valence-corrected chi connectivity index (χ4v) is 2.07. The third kappa shape index (κ3) is 5.97. The average Bonchev–Trinajstić information content (AvgIpc) is 2.97. The van der Waals surface area contributed by atoms with Crippen molar-refractivity contribution in [3.05, 3.63) is 52.9 Å². The molecule has 4 nitrogen and oxygen atoms in total. The van der Waals surface area contributed by atoms with Crippen molar-refractivity contribution in [2.45, 2.75) is 12.7 Å². The summed E-state index contributed by atoms with van der Waals surface area (Å²) in [4.78, 5) is 12.7. The zero-order valence-corrected chi connectivity index (χ0v) is 13.4. The van der Waals surface area contributed by atoms with Crippen LogP contribution in [0.1, 0.15) is 5.76 Å². The summed E-state index contributed by atoms with van der Waals surface area (Å²) in [6.45, 7) is -2.12. The lowest BCUT2D eigenvalue weighted by Gasteiger charge is -2.23. The number of nitrogens with zero attached hydrogens (tertiary/aromatic N) is 1. The molecule has 0 atom stereocenters. The van der Waals surface area contributed by atoms with Gasteiger partial charge in [-0.3, -0.25) is 4.79 Å². The summed E-state index contributed by atoms with van der Waals surface area (Å²) in [6.07, 6.45) is -3.16. The van der Waals surface area contributed by atoms with Crippen molar-refractivity contribution in [1.29, 1.82) is 0 Å². The van der Waals surface area contributed by atoms with E-state index >= 15 is 0 Å². The smallest absolute Gasteiger partial charge is 0.406 e. The van der Waals surface area contributed by atoms with Gasteiger partial charge in [0.2, 0.25) is 0 Å². The fourth-order valence-electron chi connectivity index (χ4n) is 1.81. The van der Waals surface area contributed by atoms with Gasteiger partial charge in [-0.15, -0.1) is 0 Å². The first kappa shape index (κ1) is 17.4. The summed E-state index contributed by atoms with van der Waals surface area (Å²) in [5.74, 6) is -0.112. The van der Waals surface area contributed by atoms with Crippen LogP contribution in [-0.2, 0) is 11.3 Å². The highest BCUT2D eigenvalue weighted by atomic mass is 79.9. The van der Waals surface area contributed by atoms with Crippen molar-refractivity contribution in [3.63, 3.8) is 0 Å². The molecule has 1 aromatic carbocycles. The van der Waals surface area contributed by atoms with Crippen LogP contribution in [0, 0.1) is 0 Å². The maximum Gasteiger partial charge on any atom is 0.406 e. The second-order valence-electron chi connectivity index (χ2n) is 4.69. The van der Waals surface area contributed by atoms with E-state index in [-0.39, 0.29) is 12.3 Å². The van der Waals surface area contributed by atoms with Gasteiger partial charge in [0, 0.05) is 4.47 Å². The summed E-state index contributed by atoms with van der Waals surface area (Å²) < 4.78 is 48.9. The van der Waals surface area contributed by atoms with Crippen LogP contribution in [0.5, 0.6) is 5.75 Å². The summed E-state index contributed by atoms with van der Waals surface area (Å²) in [6, 6.07) is 9.68. The van der Waals surface area contributed by atoms with Crippen LogP contribution in [0.2, 0.25) is 0 Å². The highest BCUT2D eigenvalue weighted by Gasteiger charge is 2.33. The third-order valence-corrected chi connectivity index (χ3v) is 3.35. The van der Waals surface area contributed by atoms with Gasteiger partial charge in [0.25, 0.3) is 5.91 Å². The standard InChI is InChI=1S/C15H13BrF3NO3/c16-11-3-5-12(6-4-11)23-9-14(21)20(10-15(17,18)19)8-13-2-1-7-22-13/h1-7H,8-10H2. The minimum absolute atomic E-state index is 0.269. The number of rotatable bonds is 6. The Morgan fingerprint density at radius 1 is 1.22 bits per heavy atom. The van der Waals surface area contributed by atoms with Crippen LogP contribution >= 0.6 is 15.9 Å². The first-order valence-electron chi connectivity index (χ1n) is 6.59. The molecule has 0 radical (unpaired) electrons. The molecule has 1 amide bonds. The van der Waals surface area contributed by atoms with Gasteiger partial charge in [-0.25, -0.2) is 0 Å². The molecule has 0 spiro atoms. The fraction of sp³-hybridized carbons (Fsp3) is 0.267. The summed E-state index contributed by atoms with van der Waals surface area (Å²) in [5.41, 5.74) is 0. The number of carbonyl (C=O) groups is 1. The Morgan fingerprint density at radius 3 is 2.48 bits per heavy atom. The average molecular weight is 392 g/mol. The maximum atomic E-state index is 12.6. The number of ether oxygens (including phenoxy) is 1. The Morgan fingerprint density at radius 2 is 1.91 bits per heavy atom. The Hall–Kier alpha value is -1.96. The first-order chi connectivity index (χ1) is 10.8. The molecule has 0 bridgehead atoms. The summed E-state index contributed by atoms with van der Waals surface area (Å²) in [7, 11) is 0. The number of hydrogen-bond acceptors (Lipinski definition) is 3. The van der Waals surface area contributed by atoms with Crippen LogP contribution < -0.4 is 4.74 Å².